The highest BCUT2D eigenvalue weighted by Gasteiger charge is 2.53. The summed E-state index contributed by atoms with van der Waals surface area (Å²) >= 11 is 18.8. The number of hydrogen-bond donors (Lipinski definition) is 0. The molecule has 0 saturated carbocycles. The molecule has 0 aromatic heterocycles. The van der Waals surface area contributed by atoms with E-state index in [4.69, 9.17) is 39.8 Å². The summed E-state index contributed by atoms with van der Waals surface area (Å²) in [7, 11) is 3.15. The highest BCUT2D eigenvalue weighted by molar-refractivity contribution is 6.35. The topological polar surface area (TPSA) is 62.5 Å². The highest BCUT2D eigenvalue weighted by atomic mass is 35.5. The van der Waals surface area contributed by atoms with Crippen LogP contribution in [0.3, 0.4) is 0 Å². The summed E-state index contributed by atoms with van der Waals surface area (Å²) in [6.45, 7) is 4.25. The molecule has 2 fully saturated rings. The number of imide groups is 1. The zero-order chi connectivity index (χ0) is 25.6. The molecule has 3 heterocycles. The van der Waals surface area contributed by atoms with Crippen LogP contribution in [-0.4, -0.2) is 95.7 Å². The van der Waals surface area contributed by atoms with Crippen LogP contribution in [0.4, 0.5) is 10.5 Å². The number of amidine groups is 2. The predicted octanol–water partition coefficient (Wildman–Crippen LogP) is 3.68. The number of rotatable bonds is 5. The van der Waals surface area contributed by atoms with Gasteiger partial charge >= 0.3 is 11.9 Å². The highest BCUT2D eigenvalue weighted by Crippen LogP contribution is 2.26. The molecule has 0 aliphatic carbocycles. The summed E-state index contributed by atoms with van der Waals surface area (Å²) in [5, 5.41) is 1.79. The largest absolute Gasteiger partial charge is 0.369 e. The third kappa shape index (κ3) is 4.70. The maximum atomic E-state index is 13.2. The van der Waals surface area contributed by atoms with E-state index in [9.17, 15) is 9.59 Å². The Morgan fingerprint density at radius 3 is 2.36 bits per heavy atom. The number of hydrogen-bond acceptors (Lipinski definition) is 5. The first-order valence-corrected chi connectivity index (χ1v) is 12.8. The lowest BCUT2D eigenvalue weighted by Gasteiger charge is -2.35. The molecule has 2 saturated heterocycles. The normalized spacial score (nSPS) is 20.9. The Bertz CT molecular complexity index is 1290. The van der Waals surface area contributed by atoms with E-state index in [2.05, 4.69) is 15.9 Å². The number of piperazine rings is 1. The van der Waals surface area contributed by atoms with Crippen molar-refractivity contribution in [3.63, 3.8) is 0 Å². The molecule has 36 heavy (non-hydrogen) atoms. The van der Waals surface area contributed by atoms with Crippen LogP contribution in [-0.2, 0) is 11.3 Å². The molecule has 11 heteroatoms. The Labute approximate surface area is 224 Å². The maximum Gasteiger partial charge on any atom is 0.333 e. The minimum absolute atomic E-state index is 0.303. The van der Waals surface area contributed by atoms with Crippen molar-refractivity contribution in [2.45, 2.75) is 12.6 Å². The first-order chi connectivity index (χ1) is 17.2. The lowest BCUT2D eigenvalue weighted by molar-refractivity contribution is -0.552. The molecule has 1 unspecified atom stereocenters. The predicted molar refractivity (Wildman–Crippen MR) is 143 cm³/mol. The summed E-state index contributed by atoms with van der Waals surface area (Å²) in [5.41, 5.74) is 1.94. The van der Waals surface area contributed by atoms with Gasteiger partial charge in [-0.2, -0.15) is 0 Å². The molecule has 3 aliphatic rings. The standard InChI is InChI=1S/C25H26Cl3N6O2/c1-30-23-22(24(35)31(2)25(30)36)34(14-16-6-7-18(27)13-20(16)28)21(29-23)15-32-8-10-33(11-9-32)19-5-3-4-17(26)12-19/h3-7,12-13,22H,8-11,14-15H2,1-2H3/q+1. The van der Waals surface area contributed by atoms with Gasteiger partial charge in [-0.25, -0.2) is 9.37 Å². The Hall–Kier alpha value is -2.65. The Balaban J connectivity index is 1.41. The van der Waals surface area contributed by atoms with Crippen LogP contribution >= 0.6 is 34.8 Å². The molecular weight excluding hydrogens is 523 g/mol. The van der Waals surface area contributed by atoms with Gasteiger partial charge in [-0.3, -0.25) is 19.5 Å². The monoisotopic (exact) mass is 547 g/mol. The summed E-state index contributed by atoms with van der Waals surface area (Å²) in [4.78, 5) is 37.8. The number of anilines is 1. The van der Waals surface area contributed by atoms with Crippen LogP contribution in [0.1, 0.15) is 5.56 Å². The van der Waals surface area contributed by atoms with Crippen molar-refractivity contribution < 1.29 is 14.2 Å². The SMILES string of the molecule is CN1C(=O)C2C(=NC(CN3CCN(c4cccc(Cl)c4)CC3)=[N+]2Cc2ccc(Cl)cc2Cl)N(C)C1=O. The number of carbonyl (C=O) groups excluding carboxylic acids is 2. The molecule has 3 aliphatic heterocycles. The quantitative estimate of drug-likeness (QED) is 0.535. The maximum absolute atomic E-state index is 13.2. The zero-order valence-electron chi connectivity index (χ0n) is 20.0. The first kappa shape index (κ1) is 25.0. The van der Waals surface area contributed by atoms with E-state index in [0.29, 0.717) is 29.0 Å². The second-order valence-electron chi connectivity index (χ2n) is 9.13. The van der Waals surface area contributed by atoms with Crippen molar-refractivity contribution in [1.29, 1.82) is 0 Å². The fourth-order valence-electron chi connectivity index (χ4n) is 4.83. The fourth-order valence-corrected chi connectivity index (χ4v) is 5.48. The van der Waals surface area contributed by atoms with E-state index in [1.807, 2.05) is 28.8 Å². The Morgan fingerprint density at radius 2 is 1.67 bits per heavy atom. The Kier molecular flexibility index (Phi) is 6.96. The van der Waals surface area contributed by atoms with Gasteiger partial charge in [0.2, 0.25) is 0 Å². The number of likely N-dealkylation sites (N-methyl/N-ethyl adjacent to an activating group) is 2. The summed E-state index contributed by atoms with van der Waals surface area (Å²) in [5.74, 6) is 0.879. The molecule has 2 aromatic rings. The van der Waals surface area contributed by atoms with Crippen LogP contribution in [0.2, 0.25) is 15.1 Å². The van der Waals surface area contributed by atoms with Crippen molar-refractivity contribution in [3.8, 4) is 0 Å². The van der Waals surface area contributed by atoms with Gasteiger partial charge in [-0.1, -0.05) is 46.9 Å². The number of halogens is 3. The number of benzene rings is 2. The molecule has 0 bridgehead atoms. The lowest BCUT2D eigenvalue weighted by atomic mass is 10.1. The molecule has 0 N–H and O–H groups in total. The molecule has 0 spiro atoms. The average Bonchev–Trinajstić information content (AvgIpc) is 3.21. The van der Waals surface area contributed by atoms with E-state index >= 15 is 0 Å². The van der Waals surface area contributed by atoms with E-state index in [0.717, 1.165) is 53.2 Å². The second-order valence-corrected chi connectivity index (χ2v) is 10.4. The van der Waals surface area contributed by atoms with Crippen LogP contribution < -0.4 is 4.90 Å². The number of aliphatic imine (C=N–C) groups is 1. The molecule has 5 rings (SSSR count). The lowest BCUT2D eigenvalue weighted by Crippen LogP contribution is -2.61. The van der Waals surface area contributed by atoms with Crippen molar-refractivity contribution in [2.75, 3.05) is 51.7 Å². The summed E-state index contributed by atoms with van der Waals surface area (Å²) in [6.07, 6.45) is 0. The minimum Gasteiger partial charge on any atom is -0.369 e. The number of urea groups is 1. The fraction of sp³-hybridized carbons (Fsp3) is 0.360. The van der Waals surface area contributed by atoms with Crippen LogP contribution in [0.15, 0.2) is 47.5 Å². The average molecular weight is 549 g/mol. The molecule has 1 atom stereocenters. The van der Waals surface area contributed by atoms with Gasteiger partial charge in [0.05, 0.1) is 0 Å². The number of amides is 3. The second kappa shape index (κ2) is 10.0. The smallest absolute Gasteiger partial charge is 0.333 e. The van der Waals surface area contributed by atoms with E-state index in [1.54, 1.807) is 19.2 Å². The summed E-state index contributed by atoms with van der Waals surface area (Å²) < 4.78 is 1.95. The van der Waals surface area contributed by atoms with Gasteiger partial charge in [0.25, 0.3) is 17.8 Å². The third-order valence-electron chi connectivity index (χ3n) is 6.88. The third-order valence-corrected chi connectivity index (χ3v) is 7.70. The molecular formula is C25H26Cl3N6O2+. The number of carbonyl (C=O) groups is 2. The molecule has 2 aromatic carbocycles. The molecule has 188 valence electrons. The van der Waals surface area contributed by atoms with Gasteiger partial charge < -0.3 is 4.90 Å². The van der Waals surface area contributed by atoms with Gasteiger partial charge in [-0.15, -0.1) is 0 Å². The van der Waals surface area contributed by atoms with Crippen molar-refractivity contribution in [3.05, 3.63) is 63.1 Å². The van der Waals surface area contributed by atoms with Gasteiger partial charge in [-0.05, 0) is 35.3 Å². The minimum atomic E-state index is -0.688. The van der Waals surface area contributed by atoms with Crippen LogP contribution in [0, 0.1) is 0 Å². The first-order valence-electron chi connectivity index (χ1n) is 11.7. The van der Waals surface area contributed by atoms with Crippen molar-refractivity contribution >= 4 is 64.1 Å². The zero-order valence-corrected chi connectivity index (χ0v) is 22.3. The summed E-state index contributed by atoms with van der Waals surface area (Å²) in [6, 6.07) is 12.1. The number of nitrogens with zero attached hydrogens (tertiary/aromatic N) is 6. The molecule has 0 radical (unpaired) electrons. The van der Waals surface area contributed by atoms with E-state index < -0.39 is 12.1 Å². The van der Waals surface area contributed by atoms with E-state index in [1.165, 1.54) is 11.9 Å². The molecule has 3 amide bonds. The van der Waals surface area contributed by atoms with E-state index in [-0.39, 0.29) is 5.91 Å². The van der Waals surface area contributed by atoms with Crippen molar-refractivity contribution in [1.82, 2.24) is 14.7 Å². The van der Waals surface area contributed by atoms with Crippen LogP contribution in [0.5, 0.6) is 0 Å². The Morgan fingerprint density at radius 1 is 0.944 bits per heavy atom. The van der Waals surface area contributed by atoms with Gasteiger partial charge in [0.15, 0.2) is 0 Å². The number of fused-ring (bicyclic) bond motifs is 1. The van der Waals surface area contributed by atoms with Crippen LogP contribution in [0.25, 0.3) is 0 Å². The van der Waals surface area contributed by atoms with Gasteiger partial charge in [0, 0.05) is 66.6 Å². The van der Waals surface area contributed by atoms with Gasteiger partial charge in [0.1, 0.15) is 13.1 Å². The van der Waals surface area contributed by atoms with Crippen molar-refractivity contribution in [2.24, 2.45) is 4.99 Å². The molecule has 8 nitrogen and oxygen atoms in total.